The number of piperazine rings is 1. The summed E-state index contributed by atoms with van der Waals surface area (Å²) in [6.07, 6.45) is 2.43. The maximum Gasteiger partial charge on any atom is 0.0304 e. The quantitative estimate of drug-likeness (QED) is 0.878. The van der Waals surface area contributed by atoms with E-state index in [1.165, 1.54) is 30.5 Å². The lowest BCUT2D eigenvalue weighted by molar-refractivity contribution is 0.118. The molecule has 0 aromatic heterocycles. The molecule has 2 rings (SSSR count). The Morgan fingerprint density at radius 1 is 1.17 bits per heavy atom. The smallest absolute Gasteiger partial charge is 0.0304 e. The van der Waals surface area contributed by atoms with E-state index in [4.69, 9.17) is 0 Å². The van der Waals surface area contributed by atoms with Crippen molar-refractivity contribution in [2.24, 2.45) is 0 Å². The van der Waals surface area contributed by atoms with Crippen molar-refractivity contribution in [3.8, 4) is 0 Å². The Labute approximate surface area is 111 Å². The fourth-order valence-electron chi connectivity index (χ4n) is 2.85. The molecule has 1 aromatic carbocycles. The Bertz CT molecular complexity index is 365. The first-order valence-electron chi connectivity index (χ1n) is 7.20. The highest BCUT2D eigenvalue weighted by Crippen LogP contribution is 2.21. The number of benzene rings is 1. The first kappa shape index (κ1) is 13.6. The van der Waals surface area contributed by atoms with Gasteiger partial charge < -0.3 is 5.32 Å². The van der Waals surface area contributed by atoms with E-state index in [1.807, 2.05) is 0 Å². The maximum absolute atomic E-state index is 3.72. The van der Waals surface area contributed by atoms with Crippen LogP contribution in [0.5, 0.6) is 0 Å². The van der Waals surface area contributed by atoms with Crippen LogP contribution in [0.25, 0.3) is 0 Å². The highest BCUT2D eigenvalue weighted by molar-refractivity contribution is 5.21. The average Bonchev–Trinajstić information content (AvgIpc) is 2.41. The van der Waals surface area contributed by atoms with Gasteiger partial charge in [-0.1, -0.05) is 43.7 Å². The zero-order valence-electron chi connectivity index (χ0n) is 12.0. The van der Waals surface area contributed by atoms with E-state index in [0.717, 1.165) is 19.6 Å². The molecular formula is C16H26N2. The molecule has 0 spiro atoms. The predicted octanol–water partition coefficient (Wildman–Crippen LogP) is 2.96. The Hall–Kier alpha value is -0.860. The summed E-state index contributed by atoms with van der Waals surface area (Å²) in [5, 5.41) is 3.72. The summed E-state index contributed by atoms with van der Waals surface area (Å²) in [4.78, 5) is 2.59. The van der Waals surface area contributed by atoms with Gasteiger partial charge in [-0.2, -0.15) is 0 Å². The van der Waals surface area contributed by atoms with Crippen molar-refractivity contribution in [2.75, 3.05) is 19.6 Å². The minimum Gasteiger partial charge on any atom is -0.309 e. The molecule has 1 N–H and O–H groups in total. The van der Waals surface area contributed by atoms with Crippen molar-refractivity contribution in [3.63, 3.8) is 0 Å². The van der Waals surface area contributed by atoms with Crippen molar-refractivity contribution in [1.82, 2.24) is 10.2 Å². The van der Waals surface area contributed by atoms with E-state index >= 15 is 0 Å². The Morgan fingerprint density at radius 3 is 2.44 bits per heavy atom. The van der Waals surface area contributed by atoms with Crippen molar-refractivity contribution in [1.29, 1.82) is 0 Å². The lowest BCUT2D eigenvalue weighted by Crippen LogP contribution is -2.59. The van der Waals surface area contributed by atoms with Gasteiger partial charge in [0.2, 0.25) is 0 Å². The third kappa shape index (κ3) is 3.12. The van der Waals surface area contributed by atoms with Crippen LogP contribution in [0, 0.1) is 6.92 Å². The molecule has 1 heterocycles. The van der Waals surface area contributed by atoms with Gasteiger partial charge in [-0.25, -0.2) is 0 Å². The van der Waals surface area contributed by atoms with Crippen LogP contribution in [0.15, 0.2) is 24.3 Å². The molecule has 0 atom stereocenters. The zero-order chi connectivity index (χ0) is 13.0. The number of hydrogen-bond donors (Lipinski definition) is 1. The van der Waals surface area contributed by atoms with Gasteiger partial charge >= 0.3 is 0 Å². The SMILES string of the molecule is CCC1(CC)CN(Cc2ccc(C)cc2)CCN1. The number of nitrogens with zero attached hydrogens (tertiary/aromatic N) is 1. The van der Waals surface area contributed by atoms with Crippen LogP contribution in [0.1, 0.15) is 37.8 Å². The molecule has 0 saturated carbocycles. The zero-order valence-corrected chi connectivity index (χ0v) is 12.0. The van der Waals surface area contributed by atoms with E-state index in [2.05, 4.69) is 55.3 Å². The largest absolute Gasteiger partial charge is 0.309 e. The van der Waals surface area contributed by atoms with Gasteiger partial charge in [0, 0.05) is 31.7 Å². The predicted molar refractivity (Wildman–Crippen MR) is 77.8 cm³/mol. The molecule has 2 nitrogen and oxygen atoms in total. The van der Waals surface area contributed by atoms with Crippen LogP contribution >= 0.6 is 0 Å². The first-order chi connectivity index (χ1) is 8.67. The monoisotopic (exact) mass is 246 g/mol. The number of nitrogens with one attached hydrogen (secondary N) is 1. The number of aryl methyl sites for hydroxylation is 1. The van der Waals surface area contributed by atoms with Crippen LogP contribution < -0.4 is 5.32 Å². The van der Waals surface area contributed by atoms with E-state index < -0.39 is 0 Å². The summed E-state index contributed by atoms with van der Waals surface area (Å²) < 4.78 is 0. The number of hydrogen-bond acceptors (Lipinski definition) is 2. The van der Waals surface area contributed by atoms with Crippen molar-refractivity contribution >= 4 is 0 Å². The molecule has 1 saturated heterocycles. The molecule has 0 amide bonds. The second-order valence-electron chi connectivity index (χ2n) is 5.61. The normalized spacial score (nSPS) is 19.9. The van der Waals surface area contributed by atoms with Crippen LogP contribution in [0.3, 0.4) is 0 Å². The van der Waals surface area contributed by atoms with Crippen molar-refractivity contribution in [2.45, 2.75) is 45.7 Å². The van der Waals surface area contributed by atoms with E-state index in [0.29, 0.717) is 5.54 Å². The highest BCUT2D eigenvalue weighted by atomic mass is 15.2. The third-order valence-electron chi connectivity index (χ3n) is 4.33. The summed E-state index contributed by atoms with van der Waals surface area (Å²) in [5.41, 5.74) is 3.11. The van der Waals surface area contributed by atoms with E-state index in [1.54, 1.807) is 0 Å². The second-order valence-corrected chi connectivity index (χ2v) is 5.61. The third-order valence-corrected chi connectivity index (χ3v) is 4.33. The highest BCUT2D eigenvalue weighted by Gasteiger charge is 2.31. The second kappa shape index (κ2) is 5.85. The average molecular weight is 246 g/mol. The van der Waals surface area contributed by atoms with Crippen LogP contribution in [0.2, 0.25) is 0 Å². The molecule has 0 bridgehead atoms. The number of rotatable bonds is 4. The van der Waals surface area contributed by atoms with Crippen LogP contribution in [-0.4, -0.2) is 30.1 Å². The van der Waals surface area contributed by atoms with Gasteiger partial charge in [-0.15, -0.1) is 0 Å². The summed E-state index contributed by atoms with van der Waals surface area (Å²) in [5.74, 6) is 0. The van der Waals surface area contributed by atoms with E-state index in [-0.39, 0.29) is 0 Å². The molecule has 0 unspecified atom stereocenters. The fraction of sp³-hybridized carbons (Fsp3) is 0.625. The summed E-state index contributed by atoms with van der Waals surface area (Å²) in [7, 11) is 0. The molecule has 1 aromatic rings. The molecule has 100 valence electrons. The fourth-order valence-corrected chi connectivity index (χ4v) is 2.85. The molecule has 1 aliphatic rings. The van der Waals surface area contributed by atoms with Gasteiger partial charge in [0.25, 0.3) is 0 Å². The van der Waals surface area contributed by atoms with Gasteiger partial charge in [-0.3, -0.25) is 4.90 Å². The van der Waals surface area contributed by atoms with Crippen molar-refractivity contribution in [3.05, 3.63) is 35.4 Å². The summed E-state index contributed by atoms with van der Waals surface area (Å²) >= 11 is 0. The minimum atomic E-state index is 0.336. The molecule has 18 heavy (non-hydrogen) atoms. The van der Waals surface area contributed by atoms with Gasteiger partial charge in [0.05, 0.1) is 0 Å². The Kier molecular flexibility index (Phi) is 4.41. The van der Waals surface area contributed by atoms with Crippen LogP contribution in [0.4, 0.5) is 0 Å². The summed E-state index contributed by atoms with van der Waals surface area (Å²) in [6.45, 7) is 11.3. The standard InChI is InChI=1S/C16H26N2/c1-4-16(5-2)13-18(11-10-17-16)12-15-8-6-14(3)7-9-15/h6-9,17H,4-5,10-13H2,1-3H3. The first-order valence-corrected chi connectivity index (χ1v) is 7.20. The van der Waals surface area contributed by atoms with Crippen molar-refractivity contribution < 1.29 is 0 Å². The lowest BCUT2D eigenvalue weighted by atomic mass is 9.90. The minimum absolute atomic E-state index is 0.336. The molecule has 0 radical (unpaired) electrons. The van der Waals surface area contributed by atoms with Gasteiger partial charge in [0.15, 0.2) is 0 Å². The molecule has 1 fully saturated rings. The van der Waals surface area contributed by atoms with Crippen LogP contribution in [-0.2, 0) is 6.54 Å². The van der Waals surface area contributed by atoms with Gasteiger partial charge in [0.1, 0.15) is 0 Å². The lowest BCUT2D eigenvalue weighted by Gasteiger charge is -2.43. The molecular weight excluding hydrogens is 220 g/mol. The molecule has 1 aliphatic heterocycles. The maximum atomic E-state index is 3.72. The van der Waals surface area contributed by atoms with Gasteiger partial charge in [-0.05, 0) is 25.3 Å². The molecule has 0 aliphatic carbocycles. The van der Waals surface area contributed by atoms with E-state index in [9.17, 15) is 0 Å². The summed E-state index contributed by atoms with van der Waals surface area (Å²) in [6, 6.07) is 8.95. The topological polar surface area (TPSA) is 15.3 Å². The molecule has 2 heteroatoms. The Balaban J connectivity index is 1.99. The Morgan fingerprint density at radius 2 is 1.83 bits per heavy atom.